The molecule has 1 heterocycles. The van der Waals surface area contributed by atoms with Gasteiger partial charge in [0.05, 0.1) is 22.6 Å². The second-order valence-electron chi connectivity index (χ2n) is 4.24. The number of benzene rings is 1. The highest BCUT2D eigenvalue weighted by Gasteiger charge is 2.24. The summed E-state index contributed by atoms with van der Waals surface area (Å²) in [7, 11) is 1.75. The van der Waals surface area contributed by atoms with Gasteiger partial charge in [-0.25, -0.2) is 4.39 Å². The zero-order valence-corrected chi connectivity index (χ0v) is 12.1. The van der Waals surface area contributed by atoms with Gasteiger partial charge in [0.15, 0.2) is 5.01 Å². The molecule has 0 aliphatic carbocycles. The predicted molar refractivity (Wildman–Crippen MR) is 74.0 cm³/mol. The monoisotopic (exact) mass is 314 g/mol. The van der Waals surface area contributed by atoms with Gasteiger partial charge < -0.3 is 5.32 Å². The number of nitro benzene ring substituents is 1. The molecular formula is C12H12F2N4O2S. The SMILES string of the molecule is CCC(NC)c1nnc(-c2cc(F)cc([N+](=O)[O-])c2F)s1. The first-order valence-corrected chi connectivity index (χ1v) is 6.94. The lowest BCUT2D eigenvalue weighted by atomic mass is 10.2. The van der Waals surface area contributed by atoms with E-state index in [1.165, 1.54) is 0 Å². The van der Waals surface area contributed by atoms with Crippen molar-refractivity contribution < 1.29 is 13.7 Å². The van der Waals surface area contributed by atoms with Gasteiger partial charge in [0, 0.05) is 0 Å². The Morgan fingerprint density at radius 2 is 2.14 bits per heavy atom. The smallest absolute Gasteiger partial charge is 0.308 e. The molecule has 0 aliphatic heterocycles. The van der Waals surface area contributed by atoms with Gasteiger partial charge in [-0.1, -0.05) is 18.3 Å². The average Bonchev–Trinajstić information content (AvgIpc) is 2.91. The van der Waals surface area contributed by atoms with E-state index in [2.05, 4.69) is 15.5 Å². The maximum atomic E-state index is 14.1. The van der Waals surface area contributed by atoms with E-state index in [0.29, 0.717) is 11.1 Å². The van der Waals surface area contributed by atoms with Crippen LogP contribution in [0, 0.1) is 21.7 Å². The van der Waals surface area contributed by atoms with E-state index in [-0.39, 0.29) is 16.6 Å². The van der Waals surface area contributed by atoms with Crippen LogP contribution < -0.4 is 5.32 Å². The molecule has 0 saturated heterocycles. The Labute approximate surface area is 123 Å². The molecule has 1 aromatic carbocycles. The van der Waals surface area contributed by atoms with Gasteiger partial charge in [-0.15, -0.1) is 10.2 Å². The third-order valence-electron chi connectivity index (χ3n) is 2.94. The highest BCUT2D eigenvalue weighted by atomic mass is 32.1. The number of nitrogens with one attached hydrogen (secondary N) is 1. The molecule has 2 rings (SSSR count). The van der Waals surface area contributed by atoms with Crippen molar-refractivity contribution in [2.45, 2.75) is 19.4 Å². The molecule has 0 fully saturated rings. The molecule has 1 atom stereocenters. The van der Waals surface area contributed by atoms with Gasteiger partial charge >= 0.3 is 5.69 Å². The van der Waals surface area contributed by atoms with Crippen LogP contribution in [0.25, 0.3) is 10.6 Å². The summed E-state index contributed by atoms with van der Waals surface area (Å²) in [4.78, 5) is 9.75. The van der Waals surface area contributed by atoms with Crippen LogP contribution in [0.15, 0.2) is 12.1 Å². The maximum Gasteiger partial charge on any atom is 0.308 e. The van der Waals surface area contributed by atoms with Crippen molar-refractivity contribution >= 4 is 17.0 Å². The summed E-state index contributed by atoms with van der Waals surface area (Å²) < 4.78 is 27.5. The largest absolute Gasteiger partial charge is 0.311 e. The minimum Gasteiger partial charge on any atom is -0.311 e. The summed E-state index contributed by atoms with van der Waals surface area (Å²) in [6.07, 6.45) is 0.747. The standard InChI is InChI=1S/C12H12F2N4O2S/c1-3-8(15-2)12-17-16-11(21-12)7-4-6(13)5-9(10(7)14)18(19)20/h4-5,8,15H,3H2,1-2H3. The Morgan fingerprint density at radius 1 is 1.43 bits per heavy atom. The molecule has 0 saturated carbocycles. The van der Waals surface area contributed by atoms with Crippen LogP contribution in [-0.4, -0.2) is 22.2 Å². The van der Waals surface area contributed by atoms with Gasteiger partial charge in [-0.05, 0) is 19.5 Å². The Hall–Kier alpha value is -2.00. The summed E-state index contributed by atoms with van der Waals surface area (Å²) in [6, 6.07) is 1.37. The first-order chi connectivity index (χ1) is 9.97. The fraction of sp³-hybridized carbons (Fsp3) is 0.333. The average molecular weight is 314 g/mol. The van der Waals surface area contributed by atoms with Crippen LogP contribution in [0.3, 0.4) is 0 Å². The number of aromatic nitrogens is 2. The zero-order valence-electron chi connectivity index (χ0n) is 11.3. The van der Waals surface area contributed by atoms with E-state index < -0.39 is 22.2 Å². The van der Waals surface area contributed by atoms with E-state index in [0.717, 1.165) is 23.8 Å². The number of nitrogens with zero attached hydrogens (tertiary/aromatic N) is 3. The Morgan fingerprint density at radius 3 is 2.71 bits per heavy atom. The molecular weight excluding hydrogens is 302 g/mol. The fourth-order valence-corrected chi connectivity index (χ4v) is 2.90. The normalized spacial score (nSPS) is 12.4. The highest BCUT2D eigenvalue weighted by Crippen LogP contribution is 2.33. The molecule has 6 nitrogen and oxygen atoms in total. The summed E-state index contributed by atoms with van der Waals surface area (Å²) in [6.45, 7) is 1.94. The van der Waals surface area contributed by atoms with Crippen molar-refractivity contribution in [2.75, 3.05) is 7.05 Å². The van der Waals surface area contributed by atoms with Crippen molar-refractivity contribution in [3.05, 3.63) is 38.9 Å². The van der Waals surface area contributed by atoms with Gasteiger partial charge in [0.1, 0.15) is 10.8 Å². The highest BCUT2D eigenvalue weighted by molar-refractivity contribution is 7.14. The lowest BCUT2D eigenvalue weighted by Gasteiger charge is -2.08. The summed E-state index contributed by atoms with van der Waals surface area (Å²) in [5.74, 6) is -2.00. The molecule has 0 radical (unpaired) electrons. The Balaban J connectivity index is 2.50. The maximum absolute atomic E-state index is 14.1. The molecule has 1 N–H and O–H groups in total. The third kappa shape index (κ3) is 3.03. The molecule has 0 aliphatic rings. The first kappa shape index (κ1) is 15.4. The van der Waals surface area contributed by atoms with Crippen molar-refractivity contribution in [3.63, 3.8) is 0 Å². The van der Waals surface area contributed by atoms with Crippen LogP contribution in [0.4, 0.5) is 14.5 Å². The summed E-state index contributed by atoms with van der Waals surface area (Å²) >= 11 is 1.07. The number of hydrogen-bond donors (Lipinski definition) is 1. The lowest BCUT2D eigenvalue weighted by Crippen LogP contribution is -2.14. The first-order valence-electron chi connectivity index (χ1n) is 6.12. The van der Waals surface area contributed by atoms with E-state index in [4.69, 9.17) is 0 Å². The van der Waals surface area contributed by atoms with Crippen molar-refractivity contribution in [1.29, 1.82) is 0 Å². The van der Waals surface area contributed by atoms with Crippen molar-refractivity contribution in [1.82, 2.24) is 15.5 Å². The summed E-state index contributed by atoms with van der Waals surface area (Å²) in [5.41, 5.74) is -1.17. The molecule has 21 heavy (non-hydrogen) atoms. The third-order valence-corrected chi connectivity index (χ3v) is 4.01. The number of nitro groups is 1. The minimum atomic E-state index is -1.11. The van der Waals surface area contributed by atoms with Crippen LogP contribution in [-0.2, 0) is 0 Å². The summed E-state index contributed by atoms with van der Waals surface area (Å²) in [5, 5.41) is 22.2. The van der Waals surface area contributed by atoms with E-state index in [9.17, 15) is 18.9 Å². The van der Waals surface area contributed by atoms with Crippen LogP contribution in [0.5, 0.6) is 0 Å². The molecule has 112 valence electrons. The quantitative estimate of drug-likeness (QED) is 0.677. The fourth-order valence-electron chi connectivity index (χ4n) is 1.85. The molecule has 0 bridgehead atoms. The van der Waals surface area contributed by atoms with Gasteiger partial charge in [0.2, 0.25) is 5.82 Å². The predicted octanol–water partition coefficient (Wildman–Crippen LogP) is 3.06. The number of hydrogen-bond acceptors (Lipinski definition) is 6. The second-order valence-corrected chi connectivity index (χ2v) is 5.25. The van der Waals surface area contributed by atoms with Gasteiger partial charge in [-0.3, -0.25) is 10.1 Å². The molecule has 0 amide bonds. The number of halogens is 2. The van der Waals surface area contributed by atoms with E-state index in [1.807, 2.05) is 6.92 Å². The molecule has 1 aromatic heterocycles. The molecule has 0 spiro atoms. The Bertz CT molecular complexity index is 673. The van der Waals surface area contributed by atoms with Gasteiger partial charge in [0.25, 0.3) is 0 Å². The van der Waals surface area contributed by atoms with Crippen molar-refractivity contribution in [3.8, 4) is 10.6 Å². The van der Waals surface area contributed by atoms with Crippen molar-refractivity contribution in [2.24, 2.45) is 0 Å². The van der Waals surface area contributed by atoms with E-state index >= 15 is 0 Å². The van der Waals surface area contributed by atoms with Crippen LogP contribution in [0.1, 0.15) is 24.4 Å². The minimum absolute atomic E-state index is 0.0529. The van der Waals surface area contributed by atoms with Crippen LogP contribution in [0.2, 0.25) is 0 Å². The Kier molecular flexibility index (Phi) is 4.53. The van der Waals surface area contributed by atoms with Gasteiger partial charge in [-0.2, -0.15) is 4.39 Å². The number of rotatable bonds is 5. The second kappa shape index (κ2) is 6.19. The molecule has 9 heteroatoms. The molecule has 2 aromatic rings. The zero-order chi connectivity index (χ0) is 15.6. The van der Waals surface area contributed by atoms with Crippen LogP contribution >= 0.6 is 11.3 Å². The van der Waals surface area contributed by atoms with E-state index in [1.54, 1.807) is 7.05 Å². The molecule has 1 unspecified atom stereocenters. The topological polar surface area (TPSA) is 81.0 Å². The lowest BCUT2D eigenvalue weighted by molar-refractivity contribution is -0.387.